The van der Waals surface area contributed by atoms with E-state index in [1.807, 2.05) is 43.3 Å². The first-order valence-corrected chi connectivity index (χ1v) is 10.2. The Morgan fingerprint density at radius 1 is 1.17 bits per heavy atom. The average Bonchev–Trinajstić information content (AvgIpc) is 2.77. The molecule has 0 saturated heterocycles. The number of thiocarbonyl (C=S) groups is 1. The maximum Gasteiger partial charge on any atom is 0.254 e. The highest BCUT2D eigenvalue weighted by atomic mass is 32.1. The van der Waals surface area contributed by atoms with Crippen LogP contribution in [-0.4, -0.2) is 42.8 Å². The third-order valence-corrected chi connectivity index (χ3v) is 6.20. The first-order valence-electron chi connectivity index (χ1n) is 9.84. The Balaban J connectivity index is 1.98. The normalized spacial score (nSPS) is 15.6. The molecule has 30 heavy (non-hydrogen) atoms. The van der Waals surface area contributed by atoms with Crippen LogP contribution in [0.2, 0.25) is 0 Å². The highest BCUT2D eigenvalue weighted by molar-refractivity contribution is 7.80. The molecule has 0 radical (unpaired) electrons. The fraction of sp³-hybridized carbons (Fsp3) is 0.304. The van der Waals surface area contributed by atoms with Crippen LogP contribution in [0.1, 0.15) is 28.3 Å². The minimum absolute atomic E-state index is 0.117. The van der Waals surface area contributed by atoms with Crippen molar-refractivity contribution in [1.82, 2.24) is 15.2 Å². The van der Waals surface area contributed by atoms with Crippen molar-refractivity contribution in [2.75, 3.05) is 27.8 Å². The van der Waals surface area contributed by atoms with Crippen LogP contribution in [0.25, 0.3) is 10.9 Å². The number of ether oxygens (including phenoxy) is 2. The number of aromatic nitrogens is 1. The van der Waals surface area contributed by atoms with Gasteiger partial charge in [-0.25, -0.2) is 0 Å². The van der Waals surface area contributed by atoms with E-state index < -0.39 is 0 Å². The van der Waals surface area contributed by atoms with Gasteiger partial charge in [0.2, 0.25) is 0 Å². The van der Waals surface area contributed by atoms with Gasteiger partial charge in [-0.15, -0.1) is 0 Å². The van der Waals surface area contributed by atoms with Gasteiger partial charge in [0.25, 0.3) is 5.56 Å². The Bertz CT molecular complexity index is 1190. The molecule has 2 aromatic carbocycles. The molecule has 1 aromatic heterocycles. The molecule has 0 bridgehead atoms. The van der Waals surface area contributed by atoms with Crippen molar-refractivity contribution < 1.29 is 9.47 Å². The van der Waals surface area contributed by atoms with Crippen molar-refractivity contribution in [3.8, 4) is 11.5 Å². The van der Waals surface area contributed by atoms with E-state index in [-0.39, 0.29) is 11.6 Å². The van der Waals surface area contributed by atoms with Gasteiger partial charge < -0.3 is 24.7 Å². The lowest BCUT2D eigenvalue weighted by Crippen LogP contribution is -2.46. The summed E-state index contributed by atoms with van der Waals surface area (Å²) in [6.45, 7) is 2.69. The summed E-state index contributed by atoms with van der Waals surface area (Å²) in [7, 11) is 5.05. The lowest BCUT2D eigenvalue weighted by Gasteiger charge is -2.39. The van der Waals surface area contributed by atoms with Crippen LogP contribution < -0.4 is 20.3 Å². The Morgan fingerprint density at radius 3 is 2.60 bits per heavy atom. The van der Waals surface area contributed by atoms with Gasteiger partial charge in [0, 0.05) is 19.2 Å². The van der Waals surface area contributed by atoms with Crippen LogP contribution in [0.15, 0.2) is 41.2 Å². The molecule has 0 amide bonds. The van der Waals surface area contributed by atoms with E-state index in [1.54, 1.807) is 21.3 Å². The molecule has 156 valence electrons. The molecule has 1 atom stereocenters. The number of hydrogen-bond acceptors (Lipinski definition) is 4. The summed E-state index contributed by atoms with van der Waals surface area (Å²) in [6, 6.07) is 11.6. The zero-order valence-electron chi connectivity index (χ0n) is 17.5. The second-order valence-corrected chi connectivity index (χ2v) is 7.79. The van der Waals surface area contributed by atoms with Crippen LogP contribution in [0.5, 0.6) is 11.5 Å². The van der Waals surface area contributed by atoms with Gasteiger partial charge in [0.1, 0.15) is 0 Å². The zero-order chi connectivity index (χ0) is 21.4. The molecule has 0 saturated carbocycles. The van der Waals surface area contributed by atoms with Gasteiger partial charge >= 0.3 is 0 Å². The lowest BCUT2D eigenvalue weighted by atomic mass is 9.88. The highest BCUT2D eigenvalue weighted by Crippen LogP contribution is 2.40. The van der Waals surface area contributed by atoms with E-state index in [1.165, 1.54) is 0 Å². The van der Waals surface area contributed by atoms with Crippen molar-refractivity contribution >= 4 is 28.2 Å². The molecule has 4 rings (SSSR count). The molecule has 0 aliphatic carbocycles. The quantitative estimate of drug-likeness (QED) is 0.630. The van der Waals surface area contributed by atoms with Gasteiger partial charge in [0.15, 0.2) is 16.6 Å². The minimum atomic E-state index is -0.331. The minimum Gasteiger partial charge on any atom is -0.493 e. The van der Waals surface area contributed by atoms with E-state index in [9.17, 15) is 4.79 Å². The van der Waals surface area contributed by atoms with Gasteiger partial charge in [-0.3, -0.25) is 4.79 Å². The van der Waals surface area contributed by atoms with E-state index in [4.69, 9.17) is 21.7 Å². The fourth-order valence-electron chi connectivity index (χ4n) is 4.25. The van der Waals surface area contributed by atoms with Crippen LogP contribution in [0.4, 0.5) is 0 Å². The molecule has 1 aliphatic heterocycles. The Hall–Kier alpha value is -3.06. The molecule has 2 N–H and O–H groups in total. The molecule has 3 aromatic rings. The average molecular weight is 424 g/mol. The smallest absolute Gasteiger partial charge is 0.254 e. The summed E-state index contributed by atoms with van der Waals surface area (Å²) in [5, 5.41) is 4.67. The van der Waals surface area contributed by atoms with Gasteiger partial charge in [-0.2, -0.15) is 0 Å². The molecule has 2 heterocycles. The van der Waals surface area contributed by atoms with E-state index in [0.717, 1.165) is 34.0 Å². The SMILES string of the molecule is CNC(=S)N1CCc2cc(OC)c(OC)cc2[C@@H]1c1cc2cccc(C)c2[nH]c1=O. The van der Waals surface area contributed by atoms with Crippen LogP contribution >= 0.6 is 12.2 Å². The second kappa shape index (κ2) is 7.99. The molecule has 6 nitrogen and oxygen atoms in total. The summed E-state index contributed by atoms with van der Waals surface area (Å²) >= 11 is 5.60. The van der Waals surface area contributed by atoms with Gasteiger partial charge in [-0.1, -0.05) is 18.2 Å². The maximum absolute atomic E-state index is 13.2. The van der Waals surface area contributed by atoms with Crippen molar-refractivity contribution in [2.45, 2.75) is 19.4 Å². The van der Waals surface area contributed by atoms with Crippen molar-refractivity contribution in [2.24, 2.45) is 0 Å². The molecular weight excluding hydrogens is 398 g/mol. The van der Waals surface area contributed by atoms with Crippen LogP contribution in [0.3, 0.4) is 0 Å². The topological polar surface area (TPSA) is 66.6 Å². The van der Waals surface area contributed by atoms with E-state index >= 15 is 0 Å². The number of nitrogens with one attached hydrogen (secondary N) is 2. The number of aryl methyl sites for hydroxylation is 1. The number of para-hydroxylation sites is 1. The summed E-state index contributed by atoms with van der Waals surface area (Å²) in [5.74, 6) is 1.31. The first kappa shape index (κ1) is 20.2. The lowest BCUT2D eigenvalue weighted by molar-refractivity contribution is 0.324. The number of fused-ring (bicyclic) bond motifs is 2. The summed E-state index contributed by atoms with van der Waals surface area (Å²) in [6.07, 6.45) is 0.790. The van der Waals surface area contributed by atoms with Crippen molar-refractivity contribution in [3.05, 3.63) is 69.0 Å². The summed E-state index contributed by atoms with van der Waals surface area (Å²) < 4.78 is 11.0. The number of hydrogen-bond donors (Lipinski definition) is 2. The standard InChI is InChI=1S/C23H25N3O3S/c1-13-6-5-7-15-10-17(22(27)25-20(13)15)21-16-12-19(29-4)18(28-3)11-14(16)8-9-26(21)23(30)24-2/h5-7,10-12,21H,8-9H2,1-4H3,(H,24,30)(H,25,27)/t21-/m1/s1. The van der Waals surface area contributed by atoms with E-state index in [2.05, 4.69) is 15.2 Å². The highest BCUT2D eigenvalue weighted by Gasteiger charge is 2.33. The number of H-pyrrole nitrogens is 1. The third kappa shape index (κ3) is 3.29. The van der Waals surface area contributed by atoms with Gasteiger partial charge in [0.05, 0.1) is 25.8 Å². The first-order chi connectivity index (χ1) is 14.5. The Morgan fingerprint density at radius 2 is 1.90 bits per heavy atom. The summed E-state index contributed by atoms with van der Waals surface area (Å²) in [4.78, 5) is 18.4. The van der Waals surface area contributed by atoms with Crippen molar-refractivity contribution in [3.63, 3.8) is 0 Å². The molecule has 0 unspecified atom stereocenters. The number of pyridine rings is 1. The summed E-state index contributed by atoms with van der Waals surface area (Å²) in [5.41, 5.74) is 4.55. The number of rotatable bonds is 3. The number of nitrogens with zero attached hydrogens (tertiary/aromatic N) is 1. The number of methoxy groups -OCH3 is 2. The van der Waals surface area contributed by atoms with Crippen molar-refractivity contribution in [1.29, 1.82) is 0 Å². The molecule has 1 aliphatic rings. The fourth-order valence-corrected chi connectivity index (χ4v) is 4.44. The third-order valence-electron chi connectivity index (χ3n) is 5.76. The molecular formula is C23H25N3O3S. The Kier molecular flexibility index (Phi) is 5.39. The number of aromatic amines is 1. The monoisotopic (exact) mass is 423 g/mol. The second-order valence-electron chi connectivity index (χ2n) is 7.40. The molecule has 7 heteroatoms. The largest absolute Gasteiger partial charge is 0.493 e. The maximum atomic E-state index is 13.2. The predicted molar refractivity (Wildman–Crippen MR) is 123 cm³/mol. The van der Waals surface area contributed by atoms with E-state index in [0.29, 0.717) is 28.7 Å². The zero-order valence-corrected chi connectivity index (χ0v) is 18.4. The number of benzene rings is 2. The van der Waals surface area contributed by atoms with Crippen LogP contribution in [0, 0.1) is 6.92 Å². The molecule has 0 fully saturated rings. The van der Waals surface area contributed by atoms with Gasteiger partial charge in [-0.05, 0) is 65.8 Å². The predicted octanol–water partition coefficient (Wildman–Crippen LogP) is 3.31. The molecule has 0 spiro atoms. The van der Waals surface area contributed by atoms with Crippen LogP contribution in [-0.2, 0) is 6.42 Å². The Labute approximate surface area is 180 Å².